The molecule has 0 bridgehead atoms. The molecule has 0 aliphatic carbocycles. The van der Waals surface area contributed by atoms with Gasteiger partial charge in [-0.05, 0) is 6.42 Å². The number of phosphoric acid groups is 1. The molecule has 7 nitrogen and oxygen atoms in total. The largest absolute Gasteiger partial charge is 0.472 e. The van der Waals surface area contributed by atoms with Gasteiger partial charge < -0.3 is 14.7 Å². The maximum absolute atomic E-state index is 11.9. The molecule has 0 aliphatic rings. The molecule has 33 heavy (non-hydrogen) atoms. The van der Waals surface area contributed by atoms with Crippen LogP contribution in [-0.2, 0) is 18.4 Å². The summed E-state index contributed by atoms with van der Waals surface area (Å²) < 4.78 is 22.2. The van der Waals surface area contributed by atoms with Crippen LogP contribution in [0.4, 0.5) is 0 Å². The summed E-state index contributed by atoms with van der Waals surface area (Å²) in [5.41, 5.74) is 0. The van der Waals surface area contributed by atoms with Crippen molar-refractivity contribution in [2.45, 2.75) is 110 Å². The number of unbranched alkanes of at least 4 members (excludes halogenated alkanes) is 14. The predicted molar refractivity (Wildman–Crippen MR) is 137 cm³/mol. The van der Waals surface area contributed by atoms with Gasteiger partial charge in [0.15, 0.2) is 0 Å². The van der Waals surface area contributed by atoms with Crippen molar-refractivity contribution in [1.29, 1.82) is 0 Å². The monoisotopic (exact) mass is 493 g/mol. The Morgan fingerprint density at radius 3 is 1.64 bits per heavy atom. The highest BCUT2D eigenvalue weighted by Crippen LogP contribution is 2.42. The zero-order valence-electron chi connectivity index (χ0n) is 22.1. The molecule has 1 amide bonds. The van der Waals surface area contributed by atoms with Gasteiger partial charge in [-0.2, -0.15) is 0 Å². The Morgan fingerprint density at radius 1 is 0.758 bits per heavy atom. The Balaban J connectivity index is 3.40. The molecule has 1 atom stereocenters. The number of rotatable bonds is 24. The van der Waals surface area contributed by atoms with Crippen LogP contribution in [0.25, 0.3) is 0 Å². The van der Waals surface area contributed by atoms with Crippen LogP contribution < -0.4 is 5.32 Å². The Bertz CT molecular complexity index is 512. The second-order valence-corrected chi connectivity index (χ2v) is 11.7. The van der Waals surface area contributed by atoms with Gasteiger partial charge in [-0.15, -0.1) is 0 Å². The summed E-state index contributed by atoms with van der Waals surface area (Å²) in [6.45, 7) is 3.18. The molecule has 0 rings (SSSR count). The van der Waals surface area contributed by atoms with E-state index < -0.39 is 7.82 Å². The lowest BCUT2D eigenvalue weighted by molar-refractivity contribution is -0.870. The number of amides is 1. The number of phosphoric ester groups is 1. The van der Waals surface area contributed by atoms with Gasteiger partial charge in [-0.3, -0.25) is 13.8 Å². The fourth-order valence-corrected chi connectivity index (χ4v) is 4.27. The molecule has 1 unspecified atom stereocenters. The molecular formula is C25H54N2O5P+. The lowest BCUT2D eigenvalue weighted by atomic mass is 10.0. The fraction of sp³-hybridized carbons (Fsp3) is 0.960. The average molecular weight is 494 g/mol. The van der Waals surface area contributed by atoms with Gasteiger partial charge in [0.25, 0.3) is 0 Å². The van der Waals surface area contributed by atoms with Crippen LogP contribution in [0.1, 0.15) is 110 Å². The molecular weight excluding hydrogens is 439 g/mol. The molecule has 0 heterocycles. The number of quaternary nitrogens is 1. The number of nitrogens with zero attached hydrogens (tertiary/aromatic N) is 1. The molecule has 0 spiro atoms. The van der Waals surface area contributed by atoms with Crippen LogP contribution >= 0.6 is 7.82 Å². The van der Waals surface area contributed by atoms with Gasteiger partial charge in [0.2, 0.25) is 5.91 Å². The third kappa shape index (κ3) is 26.0. The summed E-state index contributed by atoms with van der Waals surface area (Å²) in [5, 5.41) is 2.73. The molecule has 0 aromatic rings. The van der Waals surface area contributed by atoms with Crippen LogP contribution in [-0.4, -0.2) is 62.7 Å². The third-order valence-electron chi connectivity index (χ3n) is 5.70. The Morgan fingerprint density at radius 2 is 1.18 bits per heavy atom. The van der Waals surface area contributed by atoms with Crippen LogP contribution in [0.15, 0.2) is 0 Å². The van der Waals surface area contributed by atoms with Crippen molar-refractivity contribution in [1.82, 2.24) is 5.32 Å². The molecule has 0 aromatic carbocycles. The maximum Gasteiger partial charge on any atom is 0.472 e. The first-order valence-electron chi connectivity index (χ1n) is 13.4. The summed E-state index contributed by atoms with van der Waals surface area (Å²) in [6, 6.07) is 0. The van der Waals surface area contributed by atoms with Crippen LogP contribution in [0.3, 0.4) is 0 Å². The lowest BCUT2D eigenvalue weighted by Gasteiger charge is -2.24. The smallest absolute Gasteiger partial charge is 0.354 e. The number of hydrogen-bond donors (Lipinski definition) is 2. The van der Waals surface area contributed by atoms with E-state index in [2.05, 4.69) is 12.2 Å². The average Bonchev–Trinajstić information content (AvgIpc) is 2.73. The number of hydrogen-bond acceptors (Lipinski definition) is 4. The minimum absolute atomic E-state index is 0.0352. The van der Waals surface area contributed by atoms with E-state index in [0.29, 0.717) is 17.4 Å². The number of carbonyl (C=O) groups excluding carboxylic acids is 1. The normalized spacial score (nSPS) is 13.7. The number of nitrogens with one attached hydrogen (secondary N) is 1. The molecule has 0 saturated heterocycles. The lowest BCUT2D eigenvalue weighted by Crippen LogP contribution is -2.37. The summed E-state index contributed by atoms with van der Waals surface area (Å²) in [4.78, 5) is 21.5. The van der Waals surface area contributed by atoms with Gasteiger partial charge in [0.05, 0.1) is 27.7 Å². The molecule has 198 valence electrons. The van der Waals surface area contributed by atoms with E-state index in [9.17, 15) is 14.3 Å². The minimum atomic E-state index is -4.05. The predicted octanol–water partition coefficient (Wildman–Crippen LogP) is 6.20. The molecule has 0 saturated carbocycles. The Kier molecular flexibility index (Phi) is 20.6. The second-order valence-electron chi connectivity index (χ2n) is 10.2. The van der Waals surface area contributed by atoms with Crippen molar-refractivity contribution in [2.75, 3.05) is 47.4 Å². The second kappa shape index (κ2) is 20.9. The maximum atomic E-state index is 11.9. The zero-order chi connectivity index (χ0) is 24.8. The first-order valence-corrected chi connectivity index (χ1v) is 14.8. The first kappa shape index (κ1) is 32.5. The van der Waals surface area contributed by atoms with E-state index in [4.69, 9.17) is 9.05 Å². The standard InChI is InChI=1S/C25H53N2O5P/c1-5-6-7-8-9-10-11-12-13-14-15-16-17-18-19-20-25(28)26-21-23-31-33(29,30)32-24-22-27(2,3)4/h5-24H2,1-4H3,(H-,26,28,29,30)/p+1. The molecule has 0 aliphatic heterocycles. The minimum Gasteiger partial charge on any atom is -0.354 e. The Hall–Kier alpha value is -0.460. The van der Waals surface area contributed by atoms with Crippen molar-refractivity contribution >= 4 is 13.7 Å². The zero-order valence-corrected chi connectivity index (χ0v) is 23.0. The topological polar surface area (TPSA) is 84.9 Å². The van der Waals surface area contributed by atoms with Crippen molar-refractivity contribution in [3.05, 3.63) is 0 Å². The van der Waals surface area contributed by atoms with E-state index >= 15 is 0 Å². The summed E-state index contributed by atoms with van der Waals surface area (Å²) in [6.07, 6.45) is 20.0. The van der Waals surface area contributed by atoms with Crippen LogP contribution in [0, 0.1) is 0 Å². The summed E-state index contributed by atoms with van der Waals surface area (Å²) >= 11 is 0. The third-order valence-corrected chi connectivity index (χ3v) is 6.72. The van der Waals surface area contributed by atoms with Crippen LogP contribution in [0.5, 0.6) is 0 Å². The summed E-state index contributed by atoms with van der Waals surface area (Å²) in [7, 11) is 1.87. The van der Waals surface area contributed by atoms with Crippen LogP contribution in [0.2, 0.25) is 0 Å². The van der Waals surface area contributed by atoms with Gasteiger partial charge in [-0.1, -0.05) is 96.8 Å². The number of carbonyl (C=O) groups is 1. The molecule has 0 fully saturated rings. The van der Waals surface area contributed by atoms with E-state index in [-0.39, 0.29) is 25.7 Å². The van der Waals surface area contributed by atoms with Gasteiger partial charge in [-0.25, -0.2) is 4.57 Å². The molecule has 2 N–H and O–H groups in total. The quantitative estimate of drug-likeness (QED) is 0.0949. The highest BCUT2D eigenvalue weighted by atomic mass is 31.2. The van der Waals surface area contributed by atoms with Gasteiger partial charge >= 0.3 is 7.82 Å². The highest BCUT2D eigenvalue weighted by Gasteiger charge is 2.22. The van der Waals surface area contributed by atoms with Crippen molar-refractivity contribution in [2.24, 2.45) is 0 Å². The van der Waals surface area contributed by atoms with E-state index in [1.165, 1.54) is 83.5 Å². The van der Waals surface area contributed by atoms with Crippen molar-refractivity contribution in [3.63, 3.8) is 0 Å². The van der Waals surface area contributed by atoms with Gasteiger partial charge in [0, 0.05) is 13.0 Å². The molecule has 0 aromatic heterocycles. The Labute approximate surface area is 204 Å². The van der Waals surface area contributed by atoms with Crippen molar-refractivity contribution < 1.29 is 27.8 Å². The van der Waals surface area contributed by atoms with E-state index in [0.717, 1.165) is 12.8 Å². The SMILES string of the molecule is CCCCCCCCCCCCCCCCCC(=O)NCCOP(=O)(O)OCC[N+](C)(C)C. The molecule has 8 heteroatoms. The van der Waals surface area contributed by atoms with Crippen molar-refractivity contribution in [3.8, 4) is 0 Å². The van der Waals surface area contributed by atoms with E-state index in [1.807, 2.05) is 21.1 Å². The first-order chi connectivity index (χ1) is 15.7. The highest BCUT2D eigenvalue weighted by molar-refractivity contribution is 7.47. The van der Waals surface area contributed by atoms with Gasteiger partial charge in [0.1, 0.15) is 13.2 Å². The number of likely N-dealkylation sites (N-methyl/N-ethyl adjacent to an activating group) is 1. The summed E-state index contributed by atoms with van der Waals surface area (Å²) in [5.74, 6) is -0.0352. The fourth-order valence-electron chi connectivity index (χ4n) is 3.56. The van der Waals surface area contributed by atoms with E-state index in [1.54, 1.807) is 0 Å². The molecule has 0 radical (unpaired) electrons.